The predicted octanol–water partition coefficient (Wildman–Crippen LogP) is 4.51. The van der Waals surface area contributed by atoms with Crippen LogP contribution in [0.5, 0.6) is 0 Å². The zero-order chi connectivity index (χ0) is 13.2. The standard InChI is InChI=1S/C15H13BrN2O/c1-10-18-14-8-13(6-7-15(14)19-10)17-9-11-2-4-12(16)5-3-11/h2-8,17H,9H2,1H3. The van der Waals surface area contributed by atoms with E-state index in [2.05, 4.69) is 38.4 Å². The monoisotopic (exact) mass is 316 g/mol. The Labute approximate surface area is 119 Å². The molecule has 1 N–H and O–H groups in total. The second kappa shape index (κ2) is 5.05. The maximum Gasteiger partial charge on any atom is 0.192 e. The van der Waals surface area contributed by atoms with Crippen molar-refractivity contribution in [3.8, 4) is 0 Å². The molecule has 0 aliphatic rings. The first-order valence-corrected chi connectivity index (χ1v) is 6.85. The van der Waals surface area contributed by atoms with Crippen molar-refractivity contribution in [1.29, 1.82) is 0 Å². The van der Waals surface area contributed by atoms with Crippen molar-refractivity contribution < 1.29 is 4.42 Å². The van der Waals surface area contributed by atoms with Crippen LogP contribution < -0.4 is 5.32 Å². The molecule has 3 rings (SSSR count). The Kier molecular flexibility index (Phi) is 3.25. The van der Waals surface area contributed by atoms with Crippen LogP contribution >= 0.6 is 15.9 Å². The number of halogens is 1. The van der Waals surface area contributed by atoms with E-state index in [4.69, 9.17) is 4.42 Å². The molecule has 0 spiro atoms. The molecule has 0 aliphatic carbocycles. The summed E-state index contributed by atoms with van der Waals surface area (Å²) < 4.78 is 6.55. The summed E-state index contributed by atoms with van der Waals surface area (Å²) in [6.45, 7) is 2.64. The number of anilines is 1. The van der Waals surface area contributed by atoms with E-state index in [1.54, 1.807) is 0 Å². The van der Waals surface area contributed by atoms with Gasteiger partial charge >= 0.3 is 0 Å². The summed E-state index contributed by atoms with van der Waals surface area (Å²) in [6, 6.07) is 14.2. The van der Waals surface area contributed by atoms with Gasteiger partial charge in [0, 0.05) is 23.6 Å². The third-order valence-corrected chi connectivity index (χ3v) is 3.43. The van der Waals surface area contributed by atoms with E-state index in [1.165, 1.54) is 5.56 Å². The Morgan fingerprint density at radius 1 is 1.16 bits per heavy atom. The van der Waals surface area contributed by atoms with E-state index in [0.717, 1.165) is 27.8 Å². The molecule has 1 aromatic heterocycles. The van der Waals surface area contributed by atoms with Gasteiger partial charge in [0.15, 0.2) is 11.5 Å². The second-order valence-electron chi connectivity index (χ2n) is 4.40. The van der Waals surface area contributed by atoms with Crippen LogP contribution in [-0.4, -0.2) is 4.98 Å². The number of nitrogens with one attached hydrogen (secondary N) is 1. The van der Waals surface area contributed by atoms with Gasteiger partial charge in [-0.25, -0.2) is 4.98 Å². The number of aryl methyl sites for hydroxylation is 1. The fourth-order valence-electron chi connectivity index (χ4n) is 1.96. The molecule has 0 aliphatic heterocycles. The Hall–Kier alpha value is -1.81. The SMILES string of the molecule is Cc1nc2cc(NCc3ccc(Br)cc3)ccc2o1. The van der Waals surface area contributed by atoms with Crippen LogP contribution in [0.3, 0.4) is 0 Å². The highest BCUT2D eigenvalue weighted by Crippen LogP contribution is 2.20. The molecule has 0 fully saturated rings. The van der Waals surface area contributed by atoms with E-state index >= 15 is 0 Å². The summed E-state index contributed by atoms with van der Waals surface area (Å²) in [6.07, 6.45) is 0. The molecule has 4 heteroatoms. The Balaban J connectivity index is 1.75. The minimum Gasteiger partial charge on any atom is -0.441 e. The van der Waals surface area contributed by atoms with Crippen LogP contribution in [-0.2, 0) is 6.54 Å². The highest BCUT2D eigenvalue weighted by molar-refractivity contribution is 9.10. The van der Waals surface area contributed by atoms with Crippen LogP contribution in [0.2, 0.25) is 0 Å². The largest absolute Gasteiger partial charge is 0.441 e. The number of aromatic nitrogens is 1. The van der Waals surface area contributed by atoms with Gasteiger partial charge in [0.1, 0.15) is 5.52 Å². The van der Waals surface area contributed by atoms with Gasteiger partial charge in [0.2, 0.25) is 0 Å². The lowest BCUT2D eigenvalue weighted by atomic mass is 10.2. The first-order valence-electron chi connectivity index (χ1n) is 6.06. The fraction of sp³-hybridized carbons (Fsp3) is 0.133. The van der Waals surface area contributed by atoms with E-state index in [1.807, 2.05) is 37.3 Å². The number of hydrogen-bond acceptors (Lipinski definition) is 3. The fourth-order valence-corrected chi connectivity index (χ4v) is 2.22. The van der Waals surface area contributed by atoms with E-state index < -0.39 is 0 Å². The molecule has 3 nitrogen and oxygen atoms in total. The maximum atomic E-state index is 5.45. The minimum absolute atomic E-state index is 0.694. The highest BCUT2D eigenvalue weighted by atomic mass is 79.9. The van der Waals surface area contributed by atoms with Crippen molar-refractivity contribution >= 4 is 32.7 Å². The van der Waals surface area contributed by atoms with Gasteiger partial charge in [0.25, 0.3) is 0 Å². The lowest BCUT2D eigenvalue weighted by Gasteiger charge is -2.06. The average Bonchev–Trinajstić information content (AvgIpc) is 2.77. The van der Waals surface area contributed by atoms with Crippen molar-refractivity contribution in [3.63, 3.8) is 0 Å². The van der Waals surface area contributed by atoms with Crippen molar-refractivity contribution in [1.82, 2.24) is 4.98 Å². The Morgan fingerprint density at radius 3 is 2.74 bits per heavy atom. The second-order valence-corrected chi connectivity index (χ2v) is 5.31. The smallest absolute Gasteiger partial charge is 0.192 e. The molecule has 3 aromatic rings. The molecular weight excluding hydrogens is 304 g/mol. The van der Waals surface area contributed by atoms with Crippen molar-refractivity contribution in [3.05, 3.63) is 58.4 Å². The molecule has 0 saturated heterocycles. The van der Waals surface area contributed by atoms with Crippen molar-refractivity contribution in [2.75, 3.05) is 5.32 Å². The first-order chi connectivity index (χ1) is 9.20. The molecule has 0 bridgehead atoms. The van der Waals surface area contributed by atoms with Crippen LogP contribution in [0, 0.1) is 6.92 Å². The molecule has 1 heterocycles. The summed E-state index contributed by atoms with van der Waals surface area (Å²) in [5, 5.41) is 3.38. The number of rotatable bonds is 3. The molecule has 0 atom stereocenters. The molecule has 2 aromatic carbocycles. The Morgan fingerprint density at radius 2 is 1.95 bits per heavy atom. The Bertz CT molecular complexity index is 704. The molecular formula is C15H13BrN2O. The van der Waals surface area contributed by atoms with Crippen LogP contribution in [0.15, 0.2) is 51.4 Å². The lowest BCUT2D eigenvalue weighted by Crippen LogP contribution is -1.98. The van der Waals surface area contributed by atoms with Gasteiger partial charge in [-0.05, 0) is 35.9 Å². The van der Waals surface area contributed by atoms with E-state index in [0.29, 0.717) is 5.89 Å². The van der Waals surface area contributed by atoms with Crippen LogP contribution in [0.25, 0.3) is 11.1 Å². The molecule has 19 heavy (non-hydrogen) atoms. The van der Waals surface area contributed by atoms with Crippen LogP contribution in [0.1, 0.15) is 11.5 Å². The molecule has 0 saturated carbocycles. The topological polar surface area (TPSA) is 38.1 Å². The predicted molar refractivity (Wildman–Crippen MR) is 80.2 cm³/mol. The lowest BCUT2D eigenvalue weighted by molar-refractivity contribution is 0.561. The van der Waals surface area contributed by atoms with Gasteiger partial charge in [-0.3, -0.25) is 0 Å². The normalized spacial score (nSPS) is 10.8. The number of hydrogen-bond donors (Lipinski definition) is 1. The maximum absolute atomic E-state index is 5.45. The molecule has 0 unspecified atom stereocenters. The van der Waals surface area contributed by atoms with E-state index in [9.17, 15) is 0 Å². The number of fused-ring (bicyclic) bond motifs is 1. The third kappa shape index (κ3) is 2.79. The number of nitrogens with zero attached hydrogens (tertiary/aromatic N) is 1. The number of oxazole rings is 1. The third-order valence-electron chi connectivity index (χ3n) is 2.90. The van der Waals surface area contributed by atoms with E-state index in [-0.39, 0.29) is 0 Å². The quantitative estimate of drug-likeness (QED) is 0.772. The molecule has 0 radical (unpaired) electrons. The highest BCUT2D eigenvalue weighted by Gasteiger charge is 2.03. The first kappa shape index (κ1) is 12.2. The van der Waals surface area contributed by atoms with Gasteiger partial charge in [0.05, 0.1) is 0 Å². The minimum atomic E-state index is 0.694. The molecule has 0 amide bonds. The average molecular weight is 317 g/mol. The summed E-state index contributed by atoms with van der Waals surface area (Å²) in [5.41, 5.74) is 3.99. The number of benzene rings is 2. The van der Waals surface area contributed by atoms with Gasteiger partial charge in [-0.15, -0.1) is 0 Å². The summed E-state index contributed by atoms with van der Waals surface area (Å²) in [7, 11) is 0. The van der Waals surface area contributed by atoms with Gasteiger partial charge < -0.3 is 9.73 Å². The molecule has 96 valence electrons. The zero-order valence-corrected chi connectivity index (χ0v) is 12.1. The van der Waals surface area contributed by atoms with Crippen molar-refractivity contribution in [2.45, 2.75) is 13.5 Å². The van der Waals surface area contributed by atoms with Gasteiger partial charge in [-0.2, -0.15) is 0 Å². The van der Waals surface area contributed by atoms with Crippen LogP contribution in [0.4, 0.5) is 5.69 Å². The van der Waals surface area contributed by atoms with Gasteiger partial charge in [-0.1, -0.05) is 28.1 Å². The summed E-state index contributed by atoms with van der Waals surface area (Å²) in [4.78, 5) is 4.33. The summed E-state index contributed by atoms with van der Waals surface area (Å²) in [5.74, 6) is 0.694. The zero-order valence-electron chi connectivity index (χ0n) is 10.5. The van der Waals surface area contributed by atoms with Crippen molar-refractivity contribution in [2.24, 2.45) is 0 Å². The summed E-state index contributed by atoms with van der Waals surface area (Å²) >= 11 is 3.43.